The van der Waals surface area contributed by atoms with Crippen molar-refractivity contribution in [2.24, 2.45) is 0 Å². The number of carbonyl (C=O) groups is 2. The highest BCUT2D eigenvalue weighted by Crippen LogP contribution is 2.31. The molecule has 0 aromatic heterocycles. The Bertz CT molecular complexity index is 1390. The van der Waals surface area contributed by atoms with Crippen molar-refractivity contribution >= 4 is 55.1 Å². The first-order valence-corrected chi connectivity index (χ1v) is 14.8. The van der Waals surface area contributed by atoms with Crippen LogP contribution >= 0.6 is 27.5 Å². The van der Waals surface area contributed by atoms with Crippen LogP contribution in [0.15, 0.2) is 82.2 Å². The molecule has 0 fully saturated rings. The molecule has 3 rings (SSSR count). The van der Waals surface area contributed by atoms with E-state index in [2.05, 4.69) is 21.2 Å². The Morgan fingerprint density at radius 3 is 2.37 bits per heavy atom. The maximum Gasteiger partial charge on any atom is 0.264 e. The molecular weight excluding hydrogens is 590 g/mol. The lowest BCUT2D eigenvalue weighted by atomic mass is 10.1. The molecule has 1 atom stereocenters. The molecule has 0 saturated heterocycles. The van der Waals surface area contributed by atoms with Crippen LogP contribution in [0.4, 0.5) is 5.69 Å². The van der Waals surface area contributed by atoms with Gasteiger partial charge < -0.3 is 10.2 Å². The van der Waals surface area contributed by atoms with Gasteiger partial charge in [-0.15, -0.1) is 0 Å². The second kappa shape index (κ2) is 13.3. The standard InChI is InChI=1S/C28H31BrClN3O4S/c1-4-16-31-28(35)21(3)32(18-22-10-8-11-23(29)17-22)27(34)19-33(26-15-9-14-25(30)20(26)2)38(36,37)24-12-6-5-7-13-24/h5-15,17,21H,4,16,18-19H2,1-3H3,(H,31,35). The number of rotatable bonds is 11. The van der Waals surface area contributed by atoms with Crippen molar-refractivity contribution in [3.8, 4) is 0 Å². The number of carbonyl (C=O) groups excluding carboxylic acids is 2. The molecule has 0 radical (unpaired) electrons. The molecule has 202 valence electrons. The van der Waals surface area contributed by atoms with Crippen LogP contribution in [0.5, 0.6) is 0 Å². The van der Waals surface area contributed by atoms with Gasteiger partial charge in [-0.2, -0.15) is 0 Å². The molecule has 3 aromatic rings. The number of halogens is 2. The van der Waals surface area contributed by atoms with Crippen LogP contribution in [-0.2, 0) is 26.2 Å². The van der Waals surface area contributed by atoms with E-state index in [1.807, 2.05) is 31.2 Å². The van der Waals surface area contributed by atoms with Crippen LogP contribution in [0.2, 0.25) is 5.02 Å². The third kappa shape index (κ3) is 7.15. The third-order valence-corrected chi connectivity index (χ3v) is 8.75. The van der Waals surface area contributed by atoms with E-state index in [1.165, 1.54) is 17.0 Å². The highest BCUT2D eigenvalue weighted by molar-refractivity contribution is 9.10. The van der Waals surface area contributed by atoms with Gasteiger partial charge in [-0.3, -0.25) is 13.9 Å². The first kappa shape index (κ1) is 29.7. The predicted molar refractivity (Wildman–Crippen MR) is 155 cm³/mol. The van der Waals surface area contributed by atoms with E-state index in [4.69, 9.17) is 11.6 Å². The van der Waals surface area contributed by atoms with Crippen molar-refractivity contribution in [3.05, 3.63) is 93.4 Å². The fraction of sp³-hybridized carbons (Fsp3) is 0.286. The summed E-state index contributed by atoms with van der Waals surface area (Å²) in [6, 6.07) is 19.4. The fourth-order valence-corrected chi connectivity index (χ4v) is 6.02. The summed E-state index contributed by atoms with van der Waals surface area (Å²) in [5.74, 6) is -0.838. The monoisotopic (exact) mass is 619 g/mol. The SMILES string of the molecule is CCCNC(=O)C(C)N(Cc1cccc(Br)c1)C(=O)CN(c1cccc(Cl)c1C)S(=O)(=O)c1ccccc1. The summed E-state index contributed by atoms with van der Waals surface area (Å²) in [4.78, 5) is 28.3. The first-order chi connectivity index (χ1) is 18.1. The highest BCUT2D eigenvalue weighted by Gasteiger charge is 2.33. The molecule has 0 bridgehead atoms. The zero-order chi connectivity index (χ0) is 27.9. The second-order valence-corrected chi connectivity index (χ2v) is 12.0. The number of amides is 2. The molecule has 10 heteroatoms. The van der Waals surface area contributed by atoms with Gasteiger partial charge in [0.25, 0.3) is 10.0 Å². The van der Waals surface area contributed by atoms with Crippen molar-refractivity contribution in [3.63, 3.8) is 0 Å². The summed E-state index contributed by atoms with van der Waals surface area (Å²) in [7, 11) is -4.14. The van der Waals surface area contributed by atoms with Gasteiger partial charge in [0.1, 0.15) is 12.6 Å². The van der Waals surface area contributed by atoms with Gasteiger partial charge in [-0.1, -0.05) is 70.9 Å². The van der Waals surface area contributed by atoms with Gasteiger partial charge in [0.15, 0.2) is 0 Å². The molecule has 0 heterocycles. The predicted octanol–water partition coefficient (Wildman–Crippen LogP) is 5.55. The maximum absolute atomic E-state index is 13.9. The lowest BCUT2D eigenvalue weighted by Gasteiger charge is -2.32. The highest BCUT2D eigenvalue weighted by atomic mass is 79.9. The Balaban J connectivity index is 2.05. The Kier molecular flexibility index (Phi) is 10.4. The van der Waals surface area contributed by atoms with Crippen LogP contribution in [0, 0.1) is 6.92 Å². The second-order valence-electron chi connectivity index (χ2n) is 8.83. The van der Waals surface area contributed by atoms with E-state index in [0.717, 1.165) is 20.8 Å². The number of nitrogens with zero attached hydrogens (tertiary/aromatic N) is 2. The Morgan fingerprint density at radius 2 is 1.71 bits per heavy atom. The van der Waals surface area contributed by atoms with Crippen LogP contribution in [0.3, 0.4) is 0 Å². The zero-order valence-electron chi connectivity index (χ0n) is 21.5. The molecule has 38 heavy (non-hydrogen) atoms. The van der Waals surface area contributed by atoms with Crippen molar-refractivity contribution < 1.29 is 18.0 Å². The van der Waals surface area contributed by atoms with E-state index in [1.54, 1.807) is 50.2 Å². The summed E-state index contributed by atoms with van der Waals surface area (Å²) in [6.07, 6.45) is 0.745. The van der Waals surface area contributed by atoms with Crippen molar-refractivity contribution in [2.45, 2.75) is 44.7 Å². The Morgan fingerprint density at radius 1 is 1.03 bits per heavy atom. The summed E-state index contributed by atoms with van der Waals surface area (Å²) in [5.41, 5.74) is 1.60. The Hall–Kier alpha value is -2.88. The van der Waals surface area contributed by atoms with E-state index >= 15 is 0 Å². The average molecular weight is 621 g/mol. The number of hydrogen-bond acceptors (Lipinski definition) is 4. The minimum Gasteiger partial charge on any atom is -0.354 e. The van der Waals surface area contributed by atoms with Gasteiger partial charge >= 0.3 is 0 Å². The van der Waals surface area contributed by atoms with E-state index in [-0.39, 0.29) is 17.3 Å². The normalized spacial score (nSPS) is 12.0. The maximum atomic E-state index is 13.9. The van der Waals surface area contributed by atoms with Gasteiger partial charge in [-0.25, -0.2) is 8.42 Å². The summed E-state index contributed by atoms with van der Waals surface area (Å²) in [6.45, 7) is 5.36. The summed E-state index contributed by atoms with van der Waals surface area (Å²) in [5, 5.41) is 3.21. The molecule has 1 N–H and O–H groups in total. The van der Waals surface area contributed by atoms with Crippen LogP contribution in [0.1, 0.15) is 31.4 Å². The largest absolute Gasteiger partial charge is 0.354 e. The van der Waals surface area contributed by atoms with Crippen molar-refractivity contribution in [2.75, 3.05) is 17.4 Å². The molecule has 1 unspecified atom stereocenters. The topological polar surface area (TPSA) is 86.8 Å². The third-order valence-electron chi connectivity index (χ3n) is 6.08. The molecule has 3 aromatic carbocycles. The quantitative estimate of drug-likeness (QED) is 0.305. The number of hydrogen-bond donors (Lipinski definition) is 1. The van der Waals surface area contributed by atoms with Crippen LogP contribution in [-0.4, -0.2) is 44.3 Å². The van der Waals surface area contributed by atoms with E-state index in [0.29, 0.717) is 22.8 Å². The number of anilines is 1. The minimum absolute atomic E-state index is 0.0412. The van der Waals surface area contributed by atoms with E-state index in [9.17, 15) is 18.0 Å². The molecule has 2 amide bonds. The first-order valence-electron chi connectivity index (χ1n) is 12.2. The smallest absolute Gasteiger partial charge is 0.264 e. The van der Waals surface area contributed by atoms with Gasteiger partial charge in [0.2, 0.25) is 11.8 Å². The fourth-order valence-electron chi connectivity index (χ4n) is 3.91. The van der Waals surface area contributed by atoms with Crippen LogP contribution in [0.25, 0.3) is 0 Å². The molecular formula is C28H31BrClN3O4S. The van der Waals surface area contributed by atoms with E-state index < -0.39 is 28.5 Å². The Labute approximate surface area is 238 Å². The number of benzene rings is 3. The molecule has 0 saturated carbocycles. The zero-order valence-corrected chi connectivity index (χ0v) is 24.7. The summed E-state index contributed by atoms with van der Waals surface area (Å²) < 4.78 is 29.6. The molecule has 0 aliphatic heterocycles. The molecule has 0 aliphatic carbocycles. The number of nitrogens with one attached hydrogen (secondary N) is 1. The summed E-state index contributed by atoms with van der Waals surface area (Å²) >= 11 is 9.79. The van der Waals surface area contributed by atoms with Crippen LogP contribution < -0.4 is 9.62 Å². The van der Waals surface area contributed by atoms with Gasteiger partial charge in [-0.05, 0) is 67.8 Å². The molecule has 7 nitrogen and oxygen atoms in total. The van der Waals surface area contributed by atoms with Crippen molar-refractivity contribution in [1.82, 2.24) is 10.2 Å². The average Bonchev–Trinajstić information content (AvgIpc) is 2.90. The minimum atomic E-state index is -4.14. The van der Waals surface area contributed by atoms with Crippen molar-refractivity contribution in [1.29, 1.82) is 0 Å². The molecule has 0 aliphatic rings. The number of sulfonamides is 1. The van der Waals surface area contributed by atoms with Gasteiger partial charge in [0.05, 0.1) is 10.6 Å². The lowest BCUT2D eigenvalue weighted by molar-refractivity contribution is -0.139. The lowest BCUT2D eigenvalue weighted by Crippen LogP contribution is -2.51. The molecule has 0 spiro atoms. The van der Waals surface area contributed by atoms with Gasteiger partial charge in [0, 0.05) is 22.6 Å².